The summed E-state index contributed by atoms with van der Waals surface area (Å²) < 4.78 is 62.2. The van der Waals surface area contributed by atoms with Crippen LogP contribution in [0.2, 0.25) is 10.0 Å². The van der Waals surface area contributed by atoms with E-state index in [-0.39, 0.29) is 27.2 Å². The van der Waals surface area contributed by atoms with Crippen molar-refractivity contribution >= 4 is 33.0 Å². The molecule has 0 spiro atoms. The molecule has 118 valence electrons. The molecular formula is C12H7Cl2F3N2O2S. The molecule has 0 bridgehead atoms. The van der Waals surface area contributed by atoms with Crippen molar-refractivity contribution in [3.8, 4) is 5.69 Å². The number of halogens is 5. The molecule has 0 N–H and O–H groups in total. The summed E-state index contributed by atoms with van der Waals surface area (Å²) in [6.07, 6.45) is -3.15. The van der Waals surface area contributed by atoms with Crippen LogP contribution in [0.1, 0.15) is 16.8 Å². The lowest BCUT2D eigenvalue weighted by Crippen LogP contribution is -2.07. The van der Waals surface area contributed by atoms with Crippen molar-refractivity contribution in [2.24, 2.45) is 0 Å². The molecule has 2 heterocycles. The monoisotopic (exact) mass is 370 g/mol. The molecule has 0 radical (unpaired) electrons. The van der Waals surface area contributed by atoms with Crippen molar-refractivity contribution in [3.63, 3.8) is 0 Å². The van der Waals surface area contributed by atoms with Crippen LogP contribution in [0.25, 0.3) is 5.69 Å². The molecule has 0 saturated heterocycles. The van der Waals surface area contributed by atoms with Crippen LogP contribution in [0.4, 0.5) is 13.2 Å². The van der Waals surface area contributed by atoms with E-state index >= 15 is 0 Å². The summed E-state index contributed by atoms with van der Waals surface area (Å²) in [5.74, 6) is -0.358. The van der Waals surface area contributed by atoms with E-state index in [1.54, 1.807) is 0 Å². The highest BCUT2D eigenvalue weighted by molar-refractivity contribution is 7.90. The lowest BCUT2D eigenvalue weighted by atomic mass is 10.2. The number of alkyl halides is 3. The molecule has 0 unspecified atom stereocenters. The molecule has 0 amide bonds. The molecule has 0 fully saturated rings. The summed E-state index contributed by atoms with van der Waals surface area (Å²) in [7, 11) is -3.20. The van der Waals surface area contributed by atoms with Gasteiger partial charge < -0.3 is 0 Å². The standard InChI is InChI=1S/C12H7Cl2F3N2O2S/c13-8-1-7(12(15,16)17)2-9(14)11(8)19-3-6-4-22(20,21)5-10(6)18-19/h1-3H,4-5H2. The minimum Gasteiger partial charge on any atom is -0.237 e. The average Bonchev–Trinajstić information content (AvgIpc) is 2.79. The van der Waals surface area contributed by atoms with Crippen LogP contribution in [0, 0.1) is 0 Å². The Balaban J connectivity index is 2.08. The summed E-state index contributed by atoms with van der Waals surface area (Å²) in [4.78, 5) is 0. The molecule has 0 atom stereocenters. The van der Waals surface area contributed by atoms with Crippen molar-refractivity contribution in [1.29, 1.82) is 0 Å². The first-order valence-electron chi connectivity index (χ1n) is 5.91. The summed E-state index contributed by atoms with van der Waals surface area (Å²) >= 11 is 11.8. The lowest BCUT2D eigenvalue weighted by molar-refractivity contribution is -0.137. The number of fused-ring (bicyclic) bond motifs is 1. The third kappa shape index (κ3) is 2.70. The molecule has 3 rings (SSSR count). The van der Waals surface area contributed by atoms with Gasteiger partial charge in [-0.1, -0.05) is 23.2 Å². The molecule has 4 nitrogen and oxygen atoms in total. The number of aromatic nitrogens is 2. The number of rotatable bonds is 1. The van der Waals surface area contributed by atoms with Gasteiger partial charge in [0.2, 0.25) is 0 Å². The van der Waals surface area contributed by atoms with Crippen molar-refractivity contribution in [2.45, 2.75) is 17.7 Å². The first-order chi connectivity index (χ1) is 10.1. The normalized spacial score (nSPS) is 16.8. The predicted octanol–water partition coefficient (Wildman–Crippen LogP) is 3.63. The van der Waals surface area contributed by atoms with Crippen LogP contribution in [-0.4, -0.2) is 18.2 Å². The number of nitrogens with zero attached hydrogens (tertiary/aromatic N) is 2. The predicted molar refractivity (Wildman–Crippen MR) is 74.9 cm³/mol. The number of hydrogen-bond acceptors (Lipinski definition) is 3. The van der Waals surface area contributed by atoms with Crippen LogP contribution < -0.4 is 0 Å². The molecule has 2 aromatic rings. The van der Waals surface area contributed by atoms with Gasteiger partial charge in [-0.3, -0.25) is 0 Å². The fraction of sp³-hybridized carbons (Fsp3) is 0.250. The molecule has 1 aliphatic rings. The average molecular weight is 371 g/mol. The second-order valence-electron chi connectivity index (χ2n) is 4.86. The Bertz CT molecular complexity index is 822. The molecule has 0 aliphatic carbocycles. The Morgan fingerprint density at radius 1 is 1.14 bits per heavy atom. The van der Waals surface area contributed by atoms with Gasteiger partial charge in [-0.2, -0.15) is 18.3 Å². The van der Waals surface area contributed by atoms with Crippen LogP contribution in [0.5, 0.6) is 0 Å². The number of benzene rings is 1. The van der Waals surface area contributed by atoms with E-state index in [9.17, 15) is 21.6 Å². The van der Waals surface area contributed by atoms with Crippen LogP contribution in [-0.2, 0) is 27.5 Å². The Morgan fingerprint density at radius 3 is 2.23 bits per heavy atom. The van der Waals surface area contributed by atoms with E-state index in [1.165, 1.54) is 10.9 Å². The highest BCUT2D eigenvalue weighted by Gasteiger charge is 2.33. The lowest BCUT2D eigenvalue weighted by Gasteiger charge is -2.12. The van der Waals surface area contributed by atoms with E-state index in [2.05, 4.69) is 5.10 Å². The van der Waals surface area contributed by atoms with Crippen LogP contribution >= 0.6 is 23.2 Å². The third-order valence-electron chi connectivity index (χ3n) is 3.18. The zero-order valence-corrected chi connectivity index (χ0v) is 13.0. The van der Waals surface area contributed by atoms with E-state index in [4.69, 9.17) is 23.2 Å². The topological polar surface area (TPSA) is 52.0 Å². The molecule has 10 heteroatoms. The molecule has 1 aromatic heterocycles. The Labute approximate surface area is 133 Å². The zero-order chi connectivity index (χ0) is 16.3. The minimum absolute atomic E-state index is 0.0862. The van der Waals surface area contributed by atoms with Gasteiger partial charge in [0.15, 0.2) is 9.84 Å². The highest BCUT2D eigenvalue weighted by Crippen LogP contribution is 2.38. The smallest absolute Gasteiger partial charge is 0.237 e. The van der Waals surface area contributed by atoms with Gasteiger partial charge in [0, 0.05) is 11.8 Å². The van der Waals surface area contributed by atoms with Gasteiger partial charge in [0.25, 0.3) is 0 Å². The molecule has 1 aromatic carbocycles. The maximum atomic E-state index is 12.7. The molecule has 1 aliphatic heterocycles. The van der Waals surface area contributed by atoms with Gasteiger partial charge in [0.1, 0.15) is 5.69 Å². The molecular weight excluding hydrogens is 364 g/mol. The summed E-state index contributed by atoms with van der Waals surface area (Å²) in [6.45, 7) is 0. The van der Waals surface area contributed by atoms with Crippen molar-refractivity contribution in [2.75, 3.05) is 0 Å². The van der Waals surface area contributed by atoms with E-state index in [1.807, 2.05) is 0 Å². The first-order valence-corrected chi connectivity index (χ1v) is 8.49. The minimum atomic E-state index is -4.56. The third-order valence-corrected chi connectivity index (χ3v) is 5.22. The largest absolute Gasteiger partial charge is 0.416 e. The number of sulfone groups is 1. The fourth-order valence-electron chi connectivity index (χ4n) is 2.25. The Morgan fingerprint density at radius 2 is 1.73 bits per heavy atom. The van der Waals surface area contributed by atoms with Gasteiger partial charge in [0.05, 0.1) is 32.8 Å². The highest BCUT2D eigenvalue weighted by atomic mass is 35.5. The van der Waals surface area contributed by atoms with Crippen molar-refractivity contribution < 1.29 is 21.6 Å². The zero-order valence-electron chi connectivity index (χ0n) is 10.7. The van der Waals surface area contributed by atoms with E-state index in [0.29, 0.717) is 11.3 Å². The second kappa shape index (κ2) is 4.87. The fourth-order valence-corrected chi connectivity index (χ4v) is 4.38. The number of hydrogen-bond donors (Lipinski definition) is 0. The summed E-state index contributed by atoms with van der Waals surface area (Å²) in [5, 5.41) is 3.62. The summed E-state index contributed by atoms with van der Waals surface area (Å²) in [6, 6.07) is 1.51. The Hall–Kier alpha value is -1.25. The van der Waals surface area contributed by atoms with Gasteiger partial charge >= 0.3 is 6.18 Å². The SMILES string of the molecule is O=S1(=O)Cc2cn(-c3c(Cl)cc(C(F)(F)F)cc3Cl)nc2C1. The summed E-state index contributed by atoms with van der Waals surface area (Å²) in [5.41, 5.74) is -0.0317. The van der Waals surface area contributed by atoms with E-state index < -0.39 is 21.6 Å². The van der Waals surface area contributed by atoms with Gasteiger partial charge in [-0.15, -0.1) is 0 Å². The van der Waals surface area contributed by atoms with Crippen LogP contribution in [0.15, 0.2) is 18.3 Å². The quantitative estimate of drug-likeness (QED) is 0.770. The van der Waals surface area contributed by atoms with Gasteiger partial charge in [-0.25, -0.2) is 13.1 Å². The second-order valence-corrected chi connectivity index (χ2v) is 7.74. The first kappa shape index (κ1) is 15.6. The maximum Gasteiger partial charge on any atom is 0.416 e. The maximum absolute atomic E-state index is 12.7. The van der Waals surface area contributed by atoms with Crippen molar-refractivity contribution in [1.82, 2.24) is 9.78 Å². The van der Waals surface area contributed by atoms with E-state index in [0.717, 1.165) is 12.1 Å². The van der Waals surface area contributed by atoms with Gasteiger partial charge in [-0.05, 0) is 12.1 Å². The molecule has 0 saturated carbocycles. The van der Waals surface area contributed by atoms with Crippen molar-refractivity contribution in [3.05, 3.63) is 45.2 Å². The molecule has 22 heavy (non-hydrogen) atoms. The Kier molecular flexibility index (Phi) is 3.46. The van der Waals surface area contributed by atoms with Crippen LogP contribution in [0.3, 0.4) is 0 Å².